The predicted octanol–water partition coefficient (Wildman–Crippen LogP) is 3.01. The van der Waals surface area contributed by atoms with Crippen molar-refractivity contribution in [3.05, 3.63) is 0 Å². The highest BCUT2D eigenvalue weighted by Crippen LogP contribution is 2.22. The highest BCUT2D eigenvalue weighted by Gasteiger charge is 2.32. The van der Waals surface area contributed by atoms with Crippen LogP contribution >= 0.6 is 0 Å². The van der Waals surface area contributed by atoms with Crippen molar-refractivity contribution in [1.82, 2.24) is 5.32 Å². The summed E-state index contributed by atoms with van der Waals surface area (Å²) in [5.41, 5.74) is -0.495. The van der Waals surface area contributed by atoms with Crippen molar-refractivity contribution in [2.45, 2.75) is 70.4 Å². The molecule has 0 amide bonds. The van der Waals surface area contributed by atoms with E-state index in [2.05, 4.69) is 18.3 Å². The molecule has 0 saturated heterocycles. The molecule has 1 fully saturated rings. The summed E-state index contributed by atoms with van der Waals surface area (Å²) in [6, 6.07) is 2.87. The van der Waals surface area contributed by atoms with Crippen LogP contribution in [0.2, 0.25) is 0 Å². The largest absolute Gasteiger partial charge is 0.378 e. The molecule has 1 atom stereocenters. The number of unbranched alkanes of at least 4 members (excludes halogenated alkanes) is 4. The summed E-state index contributed by atoms with van der Waals surface area (Å²) in [6.07, 6.45) is 8.66. The average Bonchev–Trinajstić information content (AvgIpc) is 3.12. The van der Waals surface area contributed by atoms with Crippen molar-refractivity contribution >= 4 is 0 Å². The van der Waals surface area contributed by atoms with Gasteiger partial charge in [0.1, 0.15) is 5.54 Å². The van der Waals surface area contributed by atoms with Gasteiger partial charge in [-0.25, -0.2) is 0 Å². The van der Waals surface area contributed by atoms with E-state index in [0.29, 0.717) is 12.6 Å². The molecule has 0 bridgehead atoms. The molecule has 1 N–H and O–H groups in total. The van der Waals surface area contributed by atoms with Crippen molar-refractivity contribution < 1.29 is 4.74 Å². The first-order valence-corrected chi connectivity index (χ1v) is 6.97. The highest BCUT2D eigenvalue weighted by molar-refractivity contribution is 5.07. The van der Waals surface area contributed by atoms with Crippen LogP contribution in [-0.2, 0) is 4.74 Å². The fourth-order valence-electron chi connectivity index (χ4n) is 1.87. The molecule has 1 saturated carbocycles. The van der Waals surface area contributed by atoms with Crippen LogP contribution in [0.5, 0.6) is 0 Å². The minimum atomic E-state index is -0.495. The lowest BCUT2D eigenvalue weighted by atomic mass is 10.1. The first-order chi connectivity index (χ1) is 8.20. The quantitative estimate of drug-likeness (QED) is 0.595. The molecule has 1 rings (SSSR count). The van der Waals surface area contributed by atoms with Gasteiger partial charge in [-0.2, -0.15) is 5.26 Å². The number of ether oxygens (including phenoxy) is 1. The Morgan fingerprint density at radius 3 is 2.59 bits per heavy atom. The van der Waals surface area contributed by atoms with Crippen molar-refractivity contribution in [2.24, 2.45) is 0 Å². The predicted molar refractivity (Wildman–Crippen MR) is 69.8 cm³/mol. The van der Waals surface area contributed by atoms with Gasteiger partial charge >= 0.3 is 0 Å². The number of hydrogen-bond acceptors (Lipinski definition) is 3. The molecule has 0 radical (unpaired) electrons. The third-order valence-electron chi connectivity index (χ3n) is 3.13. The maximum Gasteiger partial charge on any atom is 0.127 e. The smallest absolute Gasteiger partial charge is 0.127 e. The standard InChI is InChI=1S/C14H26N2O/c1-3-4-5-6-7-10-17-12-14(2,11-15)16-13-8-9-13/h13,16H,3-10,12H2,1-2H3. The van der Waals surface area contributed by atoms with E-state index >= 15 is 0 Å². The van der Waals surface area contributed by atoms with Crippen molar-refractivity contribution in [2.75, 3.05) is 13.2 Å². The normalized spacial score (nSPS) is 18.6. The van der Waals surface area contributed by atoms with Crippen molar-refractivity contribution in [3.63, 3.8) is 0 Å². The molecule has 0 aliphatic heterocycles. The van der Waals surface area contributed by atoms with Gasteiger partial charge in [-0.05, 0) is 26.2 Å². The summed E-state index contributed by atoms with van der Waals surface area (Å²) in [4.78, 5) is 0. The Balaban J connectivity index is 2.01. The van der Waals surface area contributed by atoms with E-state index in [1.807, 2.05) is 6.92 Å². The van der Waals surface area contributed by atoms with Gasteiger partial charge in [-0.15, -0.1) is 0 Å². The van der Waals surface area contributed by atoms with Crippen LogP contribution in [0.3, 0.4) is 0 Å². The molecule has 3 nitrogen and oxygen atoms in total. The lowest BCUT2D eigenvalue weighted by Gasteiger charge is -2.23. The van der Waals surface area contributed by atoms with E-state index in [9.17, 15) is 0 Å². The molecule has 0 spiro atoms. The number of nitrogens with one attached hydrogen (secondary N) is 1. The number of rotatable bonds is 10. The summed E-state index contributed by atoms with van der Waals surface area (Å²) in [5, 5.41) is 12.5. The number of nitrogens with zero attached hydrogens (tertiary/aromatic N) is 1. The van der Waals surface area contributed by atoms with Gasteiger partial charge in [0.2, 0.25) is 0 Å². The molecule has 0 heterocycles. The maximum absolute atomic E-state index is 9.14. The average molecular weight is 238 g/mol. The molecule has 0 aromatic carbocycles. The Hall–Kier alpha value is -0.590. The molecule has 0 aromatic rings. The molecule has 1 aliphatic rings. The number of nitriles is 1. The summed E-state index contributed by atoms with van der Waals surface area (Å²) < 4.78 is 5.61. The van der Waals surface area contributed by atoms with Gasteiger partial charge in [0.25, 0.3) is 0 Å². The second-order valence-electron chi connectivity index (χ2n) is 5.33. The minimum Gasteiger partial charge on any atom is -0.378 e. The van der Waals surface area contributed by atoms with E-state index in [1.54, 1.807) is 0 Å². The summed E-state index contributed by atoms with van der Waals surface area (Å²) in [7, 11) is 0. The fourth-order valence-corrected chi connectivity index (χ4v) is 1.87. The highest BCUT2D eigenvalue weighted by atomic mass is 16.5. The fraction of sp³-hybridized carbons (Fsp3) is 0.929. The Kier molecular flexibility index (Phi) is 6.54. The second kappa shape index (κ2) is 7.68. The van der Waals surface area contributed by atoms with Crippen LogP contribution in [0, 0.1) is 11.3 Å². The van der Waals surface area contributed by atoms with Crippen LogP contribution in [-0.4, -0.2) is 24.8 Å². The molecule has 0 aromatic heterocycles. The van der Waals surface area contributed by atoms with E-state index in [-0.39, 0.29) is 0 Å². The van der Waals surface area contributed by atoms with Crippen LogP contribution in [0.15, 0.2) is 0 Å². The maximum atomic E-state index is 9.14. The Morgan fingerprint density at radius 2 is 2.00 bits per heavy atom. The lowest BCUT2D eigenvalue weighted by Crippen LogP contribution is -2.46. The van der Waals surface area contributed by atoms with Crippen LogP contribution in [0.1, 0.15) is 58.8 Å². The van der Waals surface area contributed by atoms with Crippen LogP contribution < -0.4 is 5.32 Å². The zero-order chi connectivity index (χ0) is 12.6. The van der Waals surface area contributed by atoms with Gasteiger partial charge in [-0.3, -0.25) is 5.32 Å². The first kappa shape index (κ1) is 14.5. The van der Waals surface area contributed by atoms with Gasteiger partial charge in [0.05, 0.1) is 12.7 Å². The molecular weight excluding hydrogens is 212 g/mol. The monoisotopic (exact) mass is 238 g/mol. The van der Waals surface area contributed by atoms with Gasteiger partial charge in [0, 0.05) is 12.6 Å². The van der Waals surface area contributed by atoms with Gasteiger partial charge in [-0.1, -0.05) is 32.6 Å². The van der Waals surface area contributed by atoms with Crippen molar-refractivity contribution in [3.8, 4) is 6.07 Å². The topological polar surface area (TPSA) is 45.0 Å². The zero-order valence-corrected chi connectivity index (χ0v) is 11.3. The Bertz CT molecular complexity index is 245. The summed E-state index contributed by atoms with van der Waals surface area (Å²) in [6.45, 7) is 5.45. The van der Waals surface area contributed by atoms with E-state index in [1.165, 1.54) is 38.5 Å². The summed E-state index contributed by atoms with van der Waals surface area (Å²) >= 11 is 0. The van der Waals surface area contributed by atoms with Crippen LogP contribution in [0.4, 0.5) is 0 Å². The summed E-state index contributed by atoms with van der Waals surface area (Å²) in [5.74, 6) is 0. The lowest BCUT2D eigenvalue weighted by molar-refractivity contribution is 0.0915. The first-order valence-electron chi connectivity index (χ1n) is 6.97. The number of hydrogen-bond donors (Lipinski definition) is 1. The zero-order valence-electron chi connectivity index (χ0n) is 11.3. The molecular formula is C14H26N2O. The third-order valence-corrected chi connectivity index (χ3v) is 3.13. The molecule has 98 valence electrons. The Morgan fingerprint density at radius 1 is 1.29 bits per heavy atom. The molecule has 3 heteroatoms. The third kappa shape index (κ3) is 6.65. The van der Waals surface area contributed by atoms with Gasteiger partial charge < -0.3 is 4.74 Å². The van der Waals surface area contributed by atoms with E-state index in [0.717, 1.165) is 13.0 Å². The minimum absolute atomic E-state index is 0.495. The molecule has 17 heavy (non-hydrogen) atoms. The van der Waals surface area contributed by atoms with Crippen LogP contribution in [0.25, 0.3) is 0 Å². The van der Waals surface area contributed by atoms with Crippen molar-refractivity contribution in [1.29, 1.82) is 5.26 Å². The SMILES string of the molecule is CCCCCCCOCC(C)(C#N)NC1CC1. The Labute approximate surface area is 106 Å². The molecule has 1 unspecified atom stereocenters. The van der Waals surface area contributed by atoms with E-state index < -0.39 is 5.54 Å². The van der Waals surface area contributed by atoms with Gasteiger partial charge in [0.15, 0.2) is 0 Å². The second-order valence-corrected chi connectivity index (χ2v) is 5.33. The van der Waals surface area contributed by atoms with E-state index in [4.69, 9.17) is 10.00 Å². The molecule has 1 aliphatic carbocycles.